The van der Waals surface area contributed by atoms with Crippen molar-refractivity contribution in [3.63, 3.8) is 0 Å². The van der Waals surface area contributed by atoms with Crippen LogP contribution in [-0.4, -0.2) is 47.3 Å². The van der Waals surface area contributed by atoms with E-state index in [9.17, 15) is 9.59 Å². The van der Waals surface area contributed by atoms with Crippen LogP contribution in [0.25, 0.3) is 0 Å². The van der Waals surface area contributed by atoms with E-state index >= 15 is 0 Å². The van der Waals surface area contributed by atoms with E-state index in [0.29, 0.717) is 6.42 Å². The van der Waals surface area contributed by atoms with Crippen LogP contribution in [0, 0.1) is 0 Å². The predicted octanol–water partition coefficient (Wildman–Crippen LogP) is -0.849. The van der Waals surface area contributed by atoms with Crippen molar-refractivity contribution in [1.82, 2.24) is 10.6 Å². The number of nitrogens with one attached hydrogen (secondary N) is 2. The fraction of sp³-hybridized carbons (Fsp3) is 0.818. The largest absolute Gasteiger partial charge is 0.392 e. The number of aliphatic hydroxyl groups is 2. The molecule has 0 saturated carbocycles. The summed E-state index contributed by atoms with van der Waals surface area (Å²) in [6.45, 7) is 3.63. The molecule has 0 aliphatic rings. The smallest absolute Gasteiger partial charge is 0.220 e. The van der Waals surface area contributed by atoms with Crippen molar-refractivity contribution in [2.45, 2.75) is 45.3 Å². The summed E-state index contributed by atoms with van der Waals surface area (Å²) in [5, 5.41) is 23.0. The molecular formula is C11H22N2O4. The van der Waals surface area contributed by atoms with Crippen molar-refractivity contribution in [1.29, 1.82) is 0 Å². The molecule has 0 heterocycles. The Hall–Kier alpha value is -1.14. The van der Waals surface area contributed by atoms with Gasteiger partial charge in [-0.05, 0) is 20.3 Å². The second kappa shape index (κ2) is 8.95. The Bertz CT molecular complexity index is 218. The molecule has 4 N–H and O–H groups in total. The lowest BCUT2D eigenvalue weighted by Gasteiger charge is -2.08. The molecule has 0 rings (SSSR count). The molecule has 0 radical (unpaired) electrons. The first-order valence-corrected chi connectivity index (χ1v) is 5.81. The Morgan fingerprint density at radius 2 is 1.29 bits per heavy atom. The number of rotatable bonds is 8. The fourth-order valence-electron chi connectivity index (χ4n) is 1.11. The van der Waals surface area contributed by atoms with Gasteiger partial charge in [-0.25, -0.2) is 0 Å². The lowest BCUT2D eigenvalue weighted by molar-refractivity contribution is -0.122. The van der Waals surface area contributed by atoms with Gasteiger partial charge in [-0.15, -0.1) is 0 Å². The van der Waals surface area contributed by atoms with E-state index in [4.69, 9.17) is 10.2 Å². The van der Waals surface area contributed by atoms with E-state index in [1.807, 2.05) is 0 Å². The SMILES string of the molecule is CC(O)CNC(=O)CCCC(=O)NCC(C)O. The lowest BCUT2D eigenvalue weighted by Crippen LogP contribution is -2.32. The summed E-state index contributed by atoms with van der Waals surface area (Å²) in [4.78, 5) is 22.4. The van der Waals surface area contributed by atoms with Gasteiger partial charge in [0.2, 0.25) is 11.8 Å². The van der Waals surface area contributed by atoms with Gasteiger partial charge in [0.15, 0.2) is 0 Å². The van der Waals surface area contributed by atoms with Gasteiger partial charge in [0.05, 0.1) is 12.2 Å². The van der Waals surface area contributed by atoms with Crippen molar-refractivity contribution in [3.05, 3.63) is 0 Å². The van der Waals surface area contributed by atoms with Crippen molar-refractivity contribution in [2.75, 3.05) is 13.1 Å². The van der Waals surface area contributed by atoms with Crippen molar-refractivity contribution >= 4 is 11.8 Å². The lowest BCUT2D eigenvalue weighted by atomic mass is 10.2. The third kappa shape index (κ3) is 11.1. The van der Waals surface area contributed by atoms with Crippen LogP contribution in [0.3, 0.4) is 0 Å². The van der Waals surface area contributed by atoms with E-state index in [0.717, 1.165) is 0 Å². The maximum absolute atomic E-state index is 11.2. The first-order valence-electron chi connectivity index (χ1n) is 5.81. The number of carbonyl (C=O) groups is 2. The molecule has 0 aliphatic carbocycles. The van der Waals surface area contributed by atoms with Crippen molar-refractivity contribution in [3.8, 4) is 0 Å². The Kier molecular flexibility index (Phi) is 8.35. The molecule has 0 aromatic carbocycles. The topological polar surface area (TPSA) is 98.7 Å². The van der Waals surface area contributed by atoms with Gasteiger partial charge in [-0.2, -0.15) is 0 Å². The van der Waals surface area contributed by atoms with Gasteiger partial charge in [-0.3, -0.25) is 9.59 Å². The summed E-state index contributed by atoms with van der Waals surface area (Å²) in [6, 6.07) is 0. The highest BCUT2D eigenvalue weighted by molar-refractivity contribution is 5.78. The van der Waals surface area contributed by atoms with Crippen molar-refractivity contribution < 1.29 is 19.8 Å². The molecule has 6 nitrogen and oxygen atoms in total. The van der Waals surface area contributed by atoms with Crippen LogP contribution in [0.1, 0.15) is 33.1 Å². The Balaban J connectivity index is 3.49. The molecule has 100 valence electrons. The molecule has 6 heteroatoms. The summed E-state index contributed by atoms with van der Waals surface area (Å²) in [7, 11) is 0. The molecule has 2 amide bonds. The summed E-state index contributed by atoms with van der Waals surface area (Å²) in [5.74, 6) is -0.344. The molecule has 0 aromatic heterocycles. The average Bonchev–Trinajstić information content (AvgIpc) is 2.23. The van der Waals surface area contributed by atoms with E-state index in [1.54, 1.807) is 13.8 Å². The summed E-state index contributed by atoms with van der Waals surface area (Å²) in [6.07, 6.45) is -0.150. The number of amides is 2. The minimum absolute atomic E-state index is 0.172. The predicted molar refractivity (Wildman–Crippen MR) is 63.2 cm³/mol. The second-order valence-electron chi connectivity index (χ2n) is 4.16. The zero-order chi connectivity index (χ0) is 13.3. The molecule has 0 aliphatic heterocycles. The van der Waals surface area contributed by atoms with Crippen LogP contribution in [0.2, 0.25) is 0 Å². The zero-order valence-electron chi connectivity index (χ0n) is 10.4. The van der Waals surface area contributed by atoms with Crippen LogP contribution < -0.4 is 10.6 Å². The van der Waals surface area contributed by atoms with Gasteiger partial charge < -0.3 is 20.8 Å². The molecule has 17 heavy (non-hydrogen) atoms. The average molecular weight is 246 g/mol. The van der Waals surface area contributed by atoms with E-state index < -0.39 is 12.2 Å². The molecule has 0 bridgehead atoms. The van der Waals surface area contributed by atoms with Crippen LogP contribution in [0.5, 0.6) is 0 Å². The third-order valence-electron chi connectivity index (χ3n) is 2.00. The van der Waals surface area contributed by atoms with E-state index in [2.05, 4.69) is 10.6 Å². The standard InChI is InChI=1S/C11H22N2O4/c1-8(14)6-12-10(16)4-3-5-11(17)13-7-9(2)15/h8-9,14-15H,3-7H2,1-2H3,(H,12,16)(H,13,17). The molecule has 0 saturated heterocycles. The highest BCUT2D eigenvalue weighted by atomic mass is 16.3. The maximum atomic E-state index is 11.2. The van der Waals surface area contributed by atoms with Gasteiger partial charge in [0.1, 0.15) is 0 Å². The molecule has 2 unspecified atom stereocenters. The fourth-order valence-corrected chi connectivity index (χ4v) is 1.11. The molecule has 0 spiro atoms. The normalized spacial score (nSPS) is 13.9. The minimum Gasteiger partial charge on any atom is -0.392 e. The third-order valence-corrected chi connectivity index (χ3v) is 2.00. The maximum Gasteiger partial charge on any atom is 0.220 e. The number of carbonyl (C=O) groups excluding carboxylic acids is 2. The van der Waals surface area contributed by atoms with E-state index in [-0.39, 0.29) is 37.7 Å². The summed E-state index contributed by atoms with van der Waals surface area (Å²) < 4.78 is 0. The highest BCUT2D eigenvalue weighted by Crippen LogP contribution is 1.95. The second-order valence-corrected chi connectivity index (χ2v) is 4.16. The van der Waals surface area contributed by atoms with Gasteiger partial charge in [0.25, 0.3) is 0 Å². The van der Waals surface area contributed by atoms with Gasteiger partial charge >= 0.3 is 0 Å². The Morgan fingerprint density at radius 1 is 0.941 bits per heavy atom. The Morgan fingerprint density at radius 3 is 1.59 bits per heavy atom. The van der Waals surface area contributed by atoms with Crippen LogP contribution in [0.15, 0.2) is 0 Å². The molecule has 0 aromatic rings. The van der Waals surface area contributed by atoms with Crippen LogP contribution >= 0.6 is 0 Å². The molecule has 0 fully saturated rings. The highest BCUT2D eigenvalue weighted by Gasteiger charge is 2.06. The Labute approximate surface area is 101 Å². The zero-order valence-corrected chi connectivity index (χ0v) is 10.4. The summed E-state index contributed by atoms with van der Waals surface area (Å²) >= 11 is 0. The van der Waals surface area contributed by atoms with Gasteiger partial charge in [-0.1, -0.05) is 0 Å². The monoisotopic (exact) mass is 246 g/mol. The quantitative estimate of drug-likeness (QED) is 0.448. The van der Waals surface area contributed by atoms with E-state index in [1.165, 1.54) is 0 Å². The van der Waals surface area contributed by atoms with Crippen molar-refractivity contribution in [2.24, 2.45) is 0 Å². The number of hydrogen-bond donors (Lipinski definition) is 4. The first kappa shape index (κ1) is 15.9. The summed E-state index contributed by atoms with van der Waals surface area (Å²) in [5.41, 5.74) is 0. The van der Waals surface area contributed by atoms with Gasteiger partial charge in [0, 0.05) is 25.9 Å². The first-order chi connectivity index (χ1) is 7.91. The molecular weight excluding hydrogens is 224 g/mol. The minimum atomic E-state index is -0.562. The van der Waals surface area contributed by atoms with Crippen LogP contribution in [-0.2, 0) is 9.59 Å². The molecule has 2 atom stereocenters. The number of hydrogen-bond acceptors (Lipinski definition) is 4. The number of aliphatic hydroxyl groups excluding tert-OH is 2. The van der Waals surface area contributed by atoms with Crippen LogP contribution in [0.4, 0.5) is 0 Å².